The maximum atomic E-state index is 12.0. The highest BCUT2D eigenvalue weighted by Gasteiger charge is 2.22. The van der Waals surface area contributed by atoms with Crippen molar-refractivity contribution in [3.8, 4) is 0 Å². The molecule has 88 valence electrons. The van der Waals surface area contributed by atoms with E-state index in [2.05, 4.69) is 10.6 Å². The molecule has 1 aromatic heterocycles. The summed E-state index contributed by atoms with van der Waals surface area (Å²) in [5.74, 6) is 0.0665. The Morgan fingerprint density at radius 3 is 2.94 bits per heavy atom. The number of hydrogen-bond donors (Lipinski definition) is 1. The van der Waals surface area contributed by atoms with Crippen molar-refractivity contribution < 1.29 is 4.79 Å². The second kappa shape index (κ2) is 4.00. The number of hydrogen-bond acceptors (Lipinski definition) is 2. The zero-order chi connectivity index (χ0) is 11.8. The number of ketones is 1. The van der Waals surface area contributed by atoms with Gasteiger partial charge in [-0.2, -0.15) is 0 Å². The number of Topliss-reactive ketones (excluding diaryl/α,β-unsaturated/α-hetero) is 1. The largest absolute Gasteiger partial charge is 0.344 e. The molecule has 0 radical (unpaired) electrons. The van der Waals surface area contributed by atoms with Crippen LogP contribution >= 0.6 is 0 Å². The van der Waals surface area contributed by atoms with Crippen molar-refractivity contribution in [3.05, 3.63) is 35.5 Å². The van der Waals surface area contributed by atoms with Crippen molar-refractivity contribution in [2.24, 2.45) is 5.73 Å². The van der Waals surface area contributed by atoms with Crippen molar-refractivity contribution in [1.82, 2.24) is 4.57 Å². The standard InChI is InChI=1S/C14H16N2O/c15-9-13(17)14-10-5-1-2-6-11(10)16-8-4-3-7-12(14)16/h1-2,5-6H,3-4,7-9,15H2. The van der Waals surface area contributed by atoms with E-state index >= 15 is 0 Å². The van der Waals surface area contributed by atoms with Crippen molar-refractivity contribution in [2.45, 2.75) is 25.8 Å². The van der Waals surface area contributed by atoms with E-state index in [4.69, 9.17) is 5.73 Å². The summed E-state index contributed by atoms with van der Waals surface area (Å²) in [4.78, 5) is 12.0. The summed E-state index contributed by atoms with van der Waals surface area (Å²) in [6.45, 7) is 1.12. The van der Waals surface area contributed by atoms with Crippen LogP contribution in [0.25, 0.3) is 10.9 Å². The van der Waals surface area contributed by atoms with Crippen molar-refractivity contribution >= 4 is 16.7 Å². The molecule has 0 bridgehead atoms. The number of fused-ring (bicyclic) bond motifs is 3. The predicted octanol–water partition coefficient (Wildman–Crippen LogP) is 2.12. The Kier molecular flexibility index (Phi) is 2.48. The third-order valence-corrected chi connectivity index (χ3v) is 3.59. The summed E-state index contributed by atoms with van der Waals surface area (Å²) in [6.07, 6.45) is 3.36. The summed E-state index contributed by atoms with van der Waals surface area (Å²) in [6, 6.07) is 8.14. The van der Waals surface area contributed by atoms with Gasteiger partial charge in [0, 0.05) is 28.7 Å². The van der Waals surface area contributed by atoms with E-state index in [-0.39, 0.29) is 12.3 Å². The molecule has 1 aliphatic rings. The van der Waals surface area contributed by atoms with E-state index in [1.165, 1.54) is 24.1 Å². The van der Waals surface area contributed by atoms with Gasteiger partial charge in [-0.1, -0.05) is 18.2 Å². The lowest BCUT2D eigenvalue weighted by Crippen LogP contribution is -2.17. The van der Waals surface area contributed by atoms with Gasteiger partial charge in [0.1, 0.15) is 0 Å². The lowest BCUT2D eigenvalue weighted by molar-refractivity contribution is 0.100. The highest BCUT2D eigenvalue weighted by molar-refractivity contribution is 6.10. The van der Waals surface area contributed by atoms with Gasteiger partial charge in [-0.05, 0) is 25.3 Å². The summed E-state index contributed by atoms with van der Waals surface area (Å²) in [7, 11) is 0. The number of aryl methyl sites for hydroxylation is 1. The molecule has 2 N–H and O–H groups in total. The molecular weight excluding hydrogens is 212 g/mol. The Morgan fingerprint density at radius 2 is 2.12 bits per heavy atom. The minimum absolute atomic E-state index is 0.0665. The smallest absolute Gasteiger partial charge is 0.178 e. The van der Waals surface area contributed by atoms with Crippen LogP contribution in [0.2, 0.25) is 0 Å². The van der Waals surface area contributed by atoms with Gasteiger partial charge in [-0.3, -0.25) is 4.79 Å². The van der Waals surface area contributed by atoms with Gasteiger partial charge in [-0.15, -0.1) is 0 Å². The van der Waals surface area contributed by atoms with Crippen LogP contribution in [-0.2, 0) is 13.0 Å². The second-order valence-electron chi connectivity index (χ2n) is 4.57. The Morgan fingerprint density at radius 1 is 1.29 bits per heavy atom. The summed E-state index contributed by atoms with van der Waals surface area (Å²) >= 11 is 0. The Hall–Kier alpha value is -1.61. The molecule has 0 unspecified atom stereocenters. The molecular formula is C14H16N2O. The average Bonchev–Trinajstić information content (AvgIpc) is 2.72. The fourth-order valence-electron chi connectivity index (χ4n) is 2.85. The Balaban J connectivity index is 2.35. The maximum Gasteiger partial charge on any atom is 0.178 e. The number of carbonyl (C=O) groups is 1. The van der Waals surface area contributed by atoms with E-state index in [1.807, 2.05) is 18.2 Å². The Labute approximate surface area is 100 Å². The normalized spacial score (nSPS) is 14.9. The molecule has 0 amide bonds. The molecule has 0 aliphatic carbocycles. The number of rotatable bonds is 2. The molecule has 17 heavy (non-hydrogen) atoms. The quantitative estimate of drug-likeness (QED) is 0.800. The first-order valence-corrected chi connectivity index (χ1v) is 6.16. The van der Waals surface area contributed by atoms with E-state index in [9.17, 15) is 4.79 Å². The van der Waals surface area contributed by atoms with Gasteiger partial charge in [0.2, 0.25) is 0 Å². The second-order valence-corrected chi connectivity index (χ2v) is 4.57. The average molecular weight is 228 g/mol. The third kappa shape index (κ3) is 1.50. The zero-order valence-electron chi connectivity index (χ0n) is 9.78. The van der Waals surface area contributed by atoms with Gasteiger partial charge >= 0.3 is 0 Å². The number of para-hydroxylation sites is 1. The topological polar surface area (TPSA) is 48.0 Å². The lowest BCUT2D eigenvalue weighted by atomic mass is 10.0. The summed E-state index contributed by atoms with van der Waals surface area (Å²) in [5.41, 5.74) is 8.76. The first kappa shape index (κ1) is 10.5. The number of aromatic nitrogens is 1. The van der Waals surface area contributed by atoms with Gasteiger partial charge in [0.15, 0.2) is 5.78 Å². The monoisotopic (exact) mass is 228 g/mol. The maximum absolute atomic E-state index is 12.0. The van der Waals surface area contributed by atoms with Crippen LogP contribution in [0.5, 0.6) is 0 Å². The van der Waals surface area contributed by atoms with Crippen molar-refractivity contribution in [3.63, 3.8) is 0 Å². The zero-order valence-corrected chi connectivity index (χ0v) is 9.78. The summed E-state index contributed by atoms with van der Waals surface area (Å²) in [5, 5.41) is 1.07. The van der Waals surface area contributed by atoms with Crippen LogP contribution in [0, 0.1) is 0 Å². The first-order valence-electron chi connectivity index (χ1n) is 6.16. The third-order valence-electron chi connectivity index (χ3n) is 3.59. The van der Waals surface area contributed by atoms with Gasteiger partial charge in [0.25, 0.3) is 0 Å². The molecule has 1 aromatic carbocycles. The van der Waals surface area contributed by atoms with Crippen LogP contribution in [0.3, 0.4) is 0 Å². The summed E-state index contributed by atoms with van der Waals surface area (Å²) < 4.78 is 2.29. The molecule has 0 fully saturated rings. The van der Waals surface area contributed by atoms with Gasteiger partial charge in [0.05, 0.1) is 6.54 Å². The fourth-order valence-corrected chi connectivity index (χ4v) is 2.85. The molecule has 2 heterocycles. The number of nitrogens with two attached hydrogens (primary N) is 1. The number of carbonyl (C=O) groups excluding carboxylic acids is 1. The molecule has 0 saturated heterocycles. The van der Waals surface area contributed by atoms with Crippen molar-refractivity contribution in [2.75, 3.05) is 6.54 Å². The number of nitrogens with zero attached hydrogens (tertiary/aromatic N) is 1. The first-order chi connectivity index (χ1) is 8.33. The minimum Gasteiger partial charge on any atom is -0.344 e. The van der Waals surface area contributed by atoms with Gasteiger partial charge < -0.3 is 10.3 Å². The predicted molar refractivity (Wildman–Crippen MR) is 68.3 cm³/mol. The molecule has 3 nitrogen and oxygen atoms in total. The number of benzene rings is 1. The highest BCUT2D eigenvalue weighted by atomic mass is 16.1. The Bertz CT molecular complexity index is 583. The molecule has 3 rings (SSSR count). The van der Waals surface area contributed by atoms with Gasteiger partial charge in [-0.25, -0.2) is 0 Å². The SMILES string of the molecule is NCC(=O)c1c2n(c3ccccc13)CCCC2. The van der Waals surface area contributed by atoms with E-state index in [0.29, 0.717) is 0 Å². The van der Waals surface area contributed by atoms with Crippen LogP contribution in [-0.4, -0.2) is 16.9 Å². The molecule has 2 aromatic rings. The van der Waals surface area contributed by atoms with Crippen LogP contribution in [0.15, 0.2) is 24.3 Å². The molecule has 0 spiro atoms. The minimum atomic E-state index is 0.0665. The highest BCUT2D eigenvalue weighted by Crippen LogP contribution is 2.30. The molecule has 3 heteroatoms. The van der Waals surface area contributed by atoms with Crippen molar-refractivity contribution in [1.29, 1.82) is 0 Å². The molecule has 0 atom stereocenters. The molecule has 1 aliphatic heterocycles. The van der Waals surface area contributed by atoms with E-state index in [1.54, 1.807) is 0 Å². The lowest BCUT2D eigenvalue weighted by Gasteiger charge is -2.16. The van der Waals surface area contributed by atoms with Crippen LogP contribution in [0.1, 0.15) is 28.9 Å². The fraction of sp³-hybridized carbons (Fsp3) is 0.357. The van der Waals surface area contributed by atoms with E-state index in [0.717, 1.165) is 23.9 Å². The molecule has 0 saturated carbocycles. The van der Waals surface area contributed by atoms with Crippen LogP contribution < -0.4 is 5.73 Å². The van der Waals surface area contributed by atoms with E-state index < -0.39 is 0 Å². The van der Waals surface area contributed by atoms with Crippen LogP contribution in [0.4, 0.5) is 0 Å².